The number of imidazole rings is 1. The topological polar surface area (TPSA) is 17.3 Å². The molecule has 28 heavy (non-hydrogen) atoms. The van der Waals surface area contributed by atoms with Crippen molar-refractivity contribution in [3.05, 3.63) is 109 Å². The van der Waals surface area contributed by atoms with E-state index in [1.807, 2.05) is 12.1 Å². The number of hydrogen-bond acceptors (Lipinski definition) is 1. The molecule has 3 aromatic carbocycles. The lowest BCUT2D eigenvalue weighted by Gasteiger charge is -2.09. The Morgan fingerprint density at radius 3 is 2.00 bits per heavy atom. The van der Waals surface area contributed by atoms with Gasteiger partial charge in [-0.1, -0.05) is 90.5 Å². The SMILES string of the molecule is Cc1cccc(-c2cc(-c3ccccc3)c3nc(-c4ccccc4)cn3c2)c1. The molecule has 0 saturated heterocycles. The van der Waals surface area contributed by atoms with Gasteiger partial charge >= 0.3 is 0 Å². The summed E-state index contributed by atoms with van der Waals surface area (Å²) >= 11 is 0. The van der Waals surface area contributed by atoms with Gasteiger partial charge in [-0.25, -0.2) is 4.98 Å². The first-order chi connectivity index (χ1) is 13.8. The lowest BCUT2D eigenvalue weighted by atomic mass is 10.0. The van der Waals surface area contributed by atoms with E-state index in [4.69, 9.17) is 4.98 Å². The molecule has 0 unspecified atom stereocenters. The first kappa shape index (κ1) is 16.5. The Balaban J connectivity index is 1.77. The molecule has 0 radical (unpaired) electrons. The van der Waals surface area contributed by atoms with Crippen molar-refractivity contribution in [1.82, 2.24) is 9.38 Å². The summed E-state index contributed by atoms with van der Waals surface area (Å²) in [6.07, 6.45) is 4.30. The summed E-state index contributed by atoms with van der Waals surface area (Å²) in [4.78, 5) is 4.97. The fraction of sp³-hybridized carbons (Fsp3) is 0.0385. The van der Waals surface area contributed by atoms with Gasteiger partial charge in [-0.2, -0.15) is 0 Å². The zero-order valence-corrected chi connectivity index (χ0v) is 15.7. The average Bonchev–Trinajstić information content (AvgIpc) is 3.19. The van der Waals surface area contributed by atoms with E-state index in [0.717, 1.165) is 22.5 Å². The van der Waals surface area contributed by atoms with Crippen LogP contribution in [0.5, 0.6) is 0 Å². The smallest absolute Gasteiger partial charge is 0.145 e. The molecule has 0 spiro atoms. The largest absolute Gasteiger partial charge is 0.305 e. The van der Waals surface area contributed by atoms with Gasteiger partial charge in [-0.15, -0.1) is 0 Å². The van der Waals surface area contributed by atoms with Crippen LogP contribution in [0.1, 0.15) is 5.56 Å². The molecule has 5 aromatic rings. The van der Waals surface area contributed by atoms with Crippen molar-refractivity contribution in [1.29, 1.82) is 0 Å². The highest BCUT2D eigenvalue weighted by Crippen LogP contribution is 2.32. The molecule has 0 aliphatic heterocycles. The second-order valence-electron chi connectivity index (χ2n) is 7.10. The van der Waals surface area contributed by atoms with E-state index >= 15 is 0 Å². The van der Waals surface area contributed by atoms with Crippen LogP contribution >= 0.6 is 0 Å². The first-order valence-electron chi connectivity index (χ1n) is 9.48. The van der Waals surface area contributed by atoms with Crippen LogP contribution in [0.4, 0.5) is 0 Å². The Hall–Kier alpha value is -3.65. The van der Waals surface area contributed by atoms with Crippen molar-refractivity contribution < 1.29 is 0 Å². The summed E-state index contributed by atoms with van der Waals surface area (Å²) in [5.41, 5.74) is 9.06. The Labute approximate surface area is 164 Å². The Kier molecular flexibility index (Phi) is 4.02. The van der Waals surface area contributed by atoms with Crippen LogP contribution in [0, 0.1) is 6.92 Å². The van der Waals surface area contributed by atoms with E-state index in [1.165, 1.54) is 22.3 Å². The number of benzene rings is 3. The summed E-state index contributed by atoms with van der Waals surface area (Å²) in [6.45, 7) is 2.13. The summed E-state index contributed by atoms with van der Waals surface area (Å²) in [6, 6.07) is 31.7. The van der Waals surface area contributed by atoms with Gasteiger partial charge in [0.15, 0.2) is 0 Å². The molecular formula is C26H20N2. The van der Waals surface area contributed by atoms with E-state index in [-0.39, 0.29) is 0 Å². The third-order valence-electron chi connectivity index (χ3n) is 5.06. The van der Waals surface area contributed by atoms with E-state index in [9.17, 15) is 0 Å². The van der Waals surface area contributed by atoms with Crippen LogP contribution < -0.4 is 0 Å². The van der Waals surface area contributed by atoms with Crippen molar-refractivity contribution in [2.24, 2.45) is 0 Å². The van der Waals surface area contributed by atoms with Gasteiger partial charge in [0.1, 0.15) is 5.65 Å². The zero-order valence-electron chi connectivity index (χ0n) is 15.7. The van der Waals surface area contributed by atoms with Gasteiger partial charge in [-0.05, 0) is 29.7 Å². The molecule has 0 amide bonds. The number of aryl methyl sites for hydroxylation is 1. The second-order valence-corrected chi connectivity index (χ2v) is 7.10. The number of hydrogen-bond donors (Lipinski definition) is 0. The lowest BCUT2D eigenvalue weighted by Crippen LogP contribution is -1.91. The van der Waals surface area contributed by atoms with Gasteiger partial charge in [0.25, 0.3) is 0 Å². The van der Waals surface area contributed by atoms with Crippen LogP contribution in [-0.2, 0) is 0 Å². The van der Waals surface area contributed by atoms with Crippen molar-refractivity contribution in [2.75, 3.05) is 0 Å². The Morgan fingerprint density at radius 1 is 0.607 bits per heavy atom. The molecule has 0 saturated carbocycles. The van der Waals surface area contributed by atoms with Crippen molar-refractivity contribution in [2.45, 2.75) is 6.92 Å². The number of aromatic nitrogens is 2. The molecular weight excluding hydrogens is 340 g/mol. The second kappa shape index (κ2) is 6.82. The summed E-state index contributed by atoms with van der Waals surface area (Å²) in [7, 11) is 0. The Bertz CT molecular complexity index is 1250. The predicted octanol–water partition coefficient (Wildman–Crippen LogP) is 6.64. The van der Waals surface area contributed by atoms with E-state index in [0.29, 0.717) is 0 Å². The van der Waals surface area contributed by atoms with Crippen LogP contribution in [0.25, 0.3) is 39.2 Å². The minimum absolute atomic E-state index is 0.974. The fourth-order valence-electron chi connectivity index (χ4n) is 3.66. The molecule has 134 valence electrons. The van der Waals surface area contributed by atoms with Crippen molar-refractivity contribution >= 4 is 5.65 Å². The highest BCUT2D eigenvalue weighted by molar-refractivity contribution is 5.84. The van der Waals surface area contributed by atoms with E-state index in [2.05, 4.69) is 103 Å². The molecule has 2 heteroatoms. The number of fused-ring (bicyclic) bond motifs is 1. The minimum atomic E-state index is 0.974. The normalized spacial score (nSPS) is 11.0. The molecule has 0 bridgehead atoms. The van der Waals surface area contributed by atoms with Gasteiger partial charge < -0.3 is 4.40 Å². The van der Waals surface area contributed by atoms with Crippen LogP contribution in [0.3, 0.4) is 0 Å². The number of rotatable bonds is 3. The fourth-order valence-corrected chi connectivity index (χ4v) is 3.66. The van der Waals surface area contributed by atoms with Crippen molar-refractivity contribution in [3.8, 4) is 33.5 Å². The van der Waals surface area contributed by atoms with E-state index in [1.54, 1.807) is 0 Å². The van der Waals surface area contributed by atoms with Gasteiger partial charge in [0.2, 0.25) is 0 Å². The van der Waals surface area contributed by atoms with Crippen LogP contribution in [0.15, 0.2) is 103 Å². The standard InChI is InChI=1S/C26H20N2/c1-19-9-8-14-22(15-19)23-16-24(20-10-4-2-5-11-20)26-27-25(18-28(26)17-23)21-12-6-3-7-13-21/h2-18H,1H3. The quantitative estimate of drug-likeness (QED) is 0.352. The molecule has 2 heterocycles. The number of pyridine rings is 1. The molecule has 0 fully saturated rings. The molecule has 0 aliphatic carbocycles. The summed E-state index contributed by atoms with van der Waals surface area (Å²) in [5, 5.41) is 0. The lowest BCUT2D eigenvalue weighted by molar-refractivity contribution is 1.19. The van der Waals surface area contributed by atoms with Gasteiger partial charge in [0.05, 0.1) is 5.69 Å². The molecule has 0 atom stereocenters. The highest BCUT2D eigenvalue weighted by Gasteiger charge is 2.12. The zero-order chi connectivity index (χ0) is 18.9. The minimum Gasteiger partial charge on any atom is -0.305 e. The monoisotopic (exact) mass is 360 g/mol. The Morgan fingerprint density at radius 2 is 1.29 bits per heavy atom. The molecule has 5 rings (SSSR count). The summed E-state index contributed by atoms with van der Waals surface area (Å²) in [5.74, 6) is 0. The predicted molar refractivity (Wildman–Crippen MR) is 116 cm³/mol. The third-order valence-corrected chi connectivity index (χ3v) is 5.06. The molecule has 0 N–H and O–H groups in total. The third kappa shape index (κ3) is 2.99. The van der Waals surface area contributed by atoms with Crippen molar-refractivity contribution in [3.63, 3.8) is 0 Å². The molecule has 2 nitrogen and oxygen atoms in total. The first-order valence-corrected chi connectivity index (χ1v) is 9.48. The maximum atomic E-state index is 4.97. The van der Waals surface area contributed by atoms with Crippen LogP contribution in [-0.4, -0.2) is 9.38 Å². The maximum absolute atomic E-state index is 4.97. The summed E-state index contributed by atoms with van der Waals surface area (Å²) < 4.78 is 2.16. The van der Waals surface area contributed by atoms with Gasteiger partial charge in [0, 0.05) is 23.5 Å². The highest BCUT2D eigenvalue weighted by atomic mass is 15.0. The van der Waals surface area contributed by atoms with Crippen LogP contribution in [0.2, 0.25) is 0 Å². The molecule has 0 aliphatic rings. The molecule has 2 aromatic heterocycles. The van der Waals surface area contributed by atoms with E-state index < -0.39 is 0 Å². The number of nitrogens with zero attached hydrogens (tertiary/aromatic N) is 2. The average molecular weight is 360 g/mol. The van der Waals surface area contributed by atoms with Gasteiger partial charge in [-0.3, -0.25) is 0 Å². The maximum Gasteiger partial charge on any atom is 0.145 e.